The summed E-state index contributed by atoms with van der Waals surface area (Å²) in [6, 6.07) is 18.5. The number of hydrogen-bond donors (Lipinski definition) is 1. The van der Waals surface area contributed by atoms with Crippen molar-refractivity contribution in [1.29, 1.82) is 0 Å². The molecule has 122 valence electrons. The molecule has 0 aliphatic heterocycles. The van der Waals surface area contributed by atoms with Crippen LogP contribution in [0, 0.1) is 5.92 Å². The second kappa shape index (κ2) is 7.18. The van der Waals surface area contributed by atoms with Gasteiger partial charge in [-0.25, -0.2) is 0 Å². The van der Waals surface area contributed by atoms with Crippen LogP contribution in [0.25, 0.3) is 0 Å². The maximum atomic E-state index is 10.2. The molecule has 0 bridgehead atoms. The summed E-state index contributed by atoms with van der Waals surface area (Å²) in [4.78, 5) is 0. The van der Waals surface area contributed by atoms with Crippen LogP contribution in [-0.2, 0) is 12.0 Å². The van der Waals surface area contributed by atoms with Crippen LogP contribution in [-0.4, -0.2) is 11.7 Å². The van der Waals surface area contributed by atoms with Crippen LogP contribution in [0.4, 0.5) is 0 Å². The lowest BCUT2D eigenvalue weighted by molar-refractivity contribution is 0.0995. The van der Waals surface area contributed by atoms with Gasteiger partial charge in [0, 0.05) is 11.0 Å². The molecule has 2 aromatic carbocycles. The van der Waals surface area contributed by atoms with Gasteiger partial charge in [0.2, 0.25) is 0 Å². The van der Waals surface area contributed by atoms with E-state index in [9.17, 15) is 5.11 Å². The highest BCUT2D eigenvalue weighted by Crippen LogP contribution is 2.46. The number of para-hydroxylation sites is 1. The molecule has 1 N–H and O–H groups in total. The lowest BCUT2D eigenvalue weighted by Gasteiger charge is -2.42. The number of ether oxygens (including phenoxy) is 1. The summed E-state index contributed by atoms with van der Waals surface area (Å²) in [6.07, 6.45) is 4.65. The monoisotopic (exact) mass is 310 g/mol. The van der Waals surface area contributed by atoms with E-state index in [1.165, 1.54) is 24.8 Å². The van der Waals surface area contributed by atoms with Crippen LogP contribution in [0.3, 0.4) is 0 Å². The molecule has 0 radical (unpaired) electrons. The smallest absolute Gasteiger partial charge is 0.123 e. The molecule has 0 aromatic heterocycles. The Hall–Kier alpha value is -1.80. The minimum Gasteiger partial charge on any atom is -0.489 e. The Labute approximate surface area is 139 Å². The topological polar surface area (TPSA) is 29.5 Å². The minimum absolute atomic E-state index is 0.161. The lowest BCUT2D eigenvalue weighted by Crippen LogP contribution is -2.40. The maximum absolute atomic E-state index is 10.2. The van der Waals surface area contributed by atoms with Gasteiger partial charge in [0.1, 0.15) is 12.4 Å². The number of hydrogen-bond acceptors (Lipinski definition) is 2. The molecule has 3 rings (SSSR count). The van der Waals surface area contributed by atoms with Gasteiger partial charge in [0.25, 0.3) is 0 Å². The van der Waals surface area contributed by atoms with Gasteiger partial charge in [-0.1, -0.05) is 68.3 Å². The van der Waals surface area contributed by atoms with Crippen molar-refractivity contribution in [3.63, 3.8) is 0 Å². The third-order valence-electron chi connectivity index (χ3n) is 5.40. The van der Waals surface area contributed by atoms with Gasteiger partial charge < -0.3 is 9.84 Å². The first-order valence-electron chi connectivity index (χ1n) is 8.63. The van der Waals surface area contributed by atoms with Crippen LogP contribution in [0.15, 0.2) is 54.6 Å². The standard InChI is InChI=1S/C21H26O2/c1-17-9-7-8-14-21(17,16-22)19-12-5-6-13-20(19)23-15-18-10-3-2-4-11-18/h2-6,10-13,17,22H,7-9,14-16H2,1H3. The Morgan fingerprint density at radius 2 is 1.78 bits per heavy atom. The Bertz CT molecular complexity index is 623. The molecule has 1 fully saturated rings. The van der Waals surface area contributed by atoms with Gasteiger partial charge in [0.05, 0.1) is 6.61 Å². The van der Waals surface area contributed by atoms with Crippen molar-refractivity contribution in [3.8, 4) is 5.75 Å². The molecule has 1 saturated carbocycles. The zero-order chi connectivity index (χ0) is 16.1. The van der Waals surface area contributed by atoms with E-state index in [0.29, 0.717) is 12.5 Å². The second-order valence-corrected chi connectivity index (χ2v) is 6.73. The Balaban J connectivity index is 1.87. The number of benzene rings is 2. The van der Waals surface area contributed by atoms with Crippen molar-refractivity contribution < 1.29 is 9.84 Å². The van der Waals surface area contributed by atoms with E-state index in [2.05, 4.69) is 31.2 Å². The average Bonchev–Trinajstić information content (AvgIpc) is 2.62. The quantitative estimate of drug-likeness (QED) is 0.867. The minimum atomic E-state index is -0.161. The Morgan fingerprint density at radius 1 is 1.04 bits per heavy atom. The molecule has 1 aliphatic rings. The van der Waals surface area contributed by atoms with E-state index in [0.717, 1.165) is 17.7 Å². The van der Waals surface area contributed by atoms with Gasteiger partial charge in [-0.2, -0.15) is 0 Å². The number of rotatable bonds is 5. The first kappa shape index (κ1) is 16.1. The van der Waals surface area contributed by atoms with E-state index in [1.54, 1.807) is 0 Å². The van der Waals surface area contributed by atoms with E-state index in [4.69, 9.17) is 4.74 Å². The van der Waals surface area contributed by atoms with Crippen molar-refractivity contribution in [3.05, 3.63) is 65.7 Å². The van der Waals surface area contributed by atoms with Crippen molar-refractivity contribution in [2.24, 2.45) is 5.92 Å². The largest absolute Gasteiger partial charge is 0.489 e. The van der Waals surface area contributed by atoms with Gasteiger partial charge in [-0.3, -0.25) is 0 Å². The maximum Gasteiger partial charge on any atom is 0.123 e. The van der Waals surface area contributed by atoms with Crippen LogP contribution in [0.5, 0.6) is 5.75 Å². The molecule has 0 spiro atoms. The highest BCUT2D eigenvalue weighted by molar-refractivity contribution is 5.41. The Kier molecular flexibility index (Phi) is 5.02. The summed E-state index contributed by atoms with van der Waals surface area (Å²) in [5, 5.41) is 10.2. The molecule has 2 aromatic rings. The summed E-state index contributed by atoms with van der Waals surface area (Å²) in [7, 11) is 0. The van der Waals surface area contributed by atoms with Gasteiger partial charge >= 0.3 is 0 Å². The fourth-order valence-electron chi connectivity index (χ4n) is 3.87. The number of aliphatic hydroxyl groups excluding tert-OH is 1. The SMILES string of the molecule is CC1CCCCC1(CO)c1ccccc1OCc1ccccc1. The van der Waals surface area contributed by atoms with E-state index in [1.807, 2.05) is 30.3 Å². The van der Waals surface area contributed by atoms with Crippen LogP contribution in [0.1, 0.15) is 43.7 Å². The fraction of sp³-hybridized carbons (Fsp3) is 0.429. The zero-order valence-corrected chi connectivity index (χ0v) is 13.9. The molecule has 2 atom stereocenters. The van der Waals surface area contributed by atoms with Gasteiger partial charge in [0.15, 0.2) is 0 Å². The summed E-state index contributed by atoms with van der Waals surface area (Å²) in [5.74, 6) is 1.39. The third-order valence-corrected chi connectivity index (χ3v) is 5.40. The van der Waals surface area contributed by atoms with Crippen LogP contribution >= 0.6 is 0 Å². The molecule has 0 amide bonds. The molecule has 23 heavy (non-hydrogen) atoms. The van der Waals surface area contributed by atoms with Crippen LogP contribution < -0.4 is 4.74 Å². The first-order chi connectivity index (χ1) is 11.3. The molecule has 0 saturated heterocycles. The summed E-state index contributed by atoms with van der Waals surface area (Å²) in [6.45, 7) is 3.02. The highest BCUT2D eigenvalue weighted by atomic mass is 16.5. The summed E-state index contributed by atoms with van der Waals surface area (Å²) >= 11 is 0. The van der Waals surface area contributed by atoms with Crippen molar-refractivity contribution in [1.82, 2.24) is 0 Å². The number of aliphatic hydroxyl groups is 1. The van der Waals surface area contributed by atoms with Crippen LogP contribution in [0.2, 0.25) is 0 Å². The average molecular weight is 310 g/mol. The Morgan fingerprint density at radius 3 is 2.52 bits per heavy atom. The van der Waals surface area contributed by atoms with Crippen molar-refractivity contribution in [2.75, 3.05) is 6.61 Å². The second-order valence-electron chi connectivity index (χ2n) is 6.73. The van der Waals surface area contributed by atoms with Gasteiger partial charge in [-0.05, 0) is 30.4 Å². The zero-order valence-electron chi connectivity index (χ0n) is 13.9. The van der Waals surface area contributed by atoms with E-state index in [-0.39, 0.29) is 12.0 Å². The molecular weight excluding hydrogens is 284 g/mol. The molecule has 2 nitrogen and oxygen atoms in total. The highest BCUT2D eigenvalue weighted by Gasteiger charge is 2.41. The van der Waals surface area contributed by atoms with E-state index >= 15 is 0 Å². The van der Waals surface area contributed by atoms with Gasteiger partial charge in [-0.15, -0.1) is 0 Å². The predicted molar refractivity (Wildman–Crippen MR) is 93.6 cm³/mol. The molecule has 1 aliphatic carbocycles. The molecular formula is C21H26O2. The first-order valence-corrected chi connectivity index (χ1v) is 8.63. The van der Waals surface area contributed by atoms with Crippen molar-refractivity contribution >= 4 is 0 Å². The summed E-state index contributed by atoms with van der Waals surface area (Å²) in [5.41, 5.74) is 2.17. The molecule has 2 heteroatoms. The van der Waals surface area contributed by atoms with E-state index < -0.39 is 0 Å². The summed E-state index contributed by atoms with van der Waals surface area (Å²) < 4.78 is 6.14. The predicted octanol–water partition coefficient (Wildman–Crippen LogP) is 4.71. The molecule has 2 unspecified atom stereocenters. The van der Waals surface area contributed by atoms with Crippen molar-refractivity contribution in [2.45, 2.75) is 44.6 Å². The fourth-order valence-corrected chi connectivity index (χ4v) is 3.87. The normalized spacial score (nSPS) is 24.3. The lowest BCUT2D eigenvalue weighted by atomic mass is 9.63. The third kappa shape index (κ3) is 3.28. The molecule has 0 heterocycles.